The van der Waals surface area contributed by atoms with Crippen molar-refractivity contribution in [3.8, 4) is 5.75 Å². The number of nitrogens with zero attached hydrogens (tertiary/aromatic N) is 1. The summed E-state index contributed by atoms with van der Waals surface area (Å²) in [6.07, 6.45) is 2.30. The average molecular weight is 361 g/mol. The molecule has 0 radical (unpaired) electrons. The van der Waals surface area contributed by atoms with Crippen molar-refractivity contribution in [1.82, 2.24) is 4.98 Å². The highest BCUT2D eigenvalue weighted by atomic mass is 79.9. The van der Waals surface area contributed by atoms with E-state index in [-0.39, 0.29) is 0 Å². The van der Waals surface area contributed by atoms with Gasteiger partial charge in [0.1, 0.15) is 21.2 Å². The Kier molecular flexibility index (Phi) is 3.80. The first-order valence-electron chi connectivity index (χ1n) is 5.87. The van der Waals surface area contributed by atoms with E-state index in [1.54, 1.807) is 6.20 Å². The fraction of sp³-hybridized carbons (Fsp3) is 0.308. The van der Waals surface area contributed by atoms with Crippen LogP contribution in [-0.4, -0.2) is 16.7 Å². The fourth-order valence-corrected chi connectivity index (χ4v) is 3.68. The summed E-state index contributed by atoms with van der Waals surface area (Å²) in [4.78, 5) is 4.11. The highest BCUT2D eigenvalue weighted by Crippen LogP contribution is 2.36. The van der Waals surface area contributed by atoms with Crippen LogP contribution in [0.2, 0.25) is 4.34 Å². The molecule has 0 saturated carbocycles. The number of halogens is 2. The summed E-state index contributed by atoms with van der Waals surface area (Å²) in [6.45, 7) is 0.706. The minimum absolute atomic E-state index is 0.478. The molecule has 6 heteroatoms. The molecule has 0 amide bonds. The standard InChI is InChI=1S/C13H11BrClNO2S/c14-9-3-7-1-2-18-12(7)8(4-9)5-10(17)13-16-6-11(15)19-13/h3-4,6,10,17H,1-2,5H2. The number of rotatable bonds is 3. The van der Waals surface area contributed by atoms with Gasteiger partial charge in [0.05, 0.1) is 12.8 Å². The minimum Gasteiger partial charge on any atom is -0.493 e. The van der Waals surface area contributed by atoms with E-state index in [9.17, 15) is 5.11 Å². The lowest BCUT2D eigenvalue weighted by molar-refractivity contribution is 0.176. The number of aliphatic hydroxyl groups excluding tert-OH is 1. The van der Waals surface area contributed by atoms with Crippen LogP contribution < -0.4 is 4.74 Å². The van der Waals surface area contributed by atoms with Gasteiger partial charge in [0.2, 0.25) is 0 Å². The number of fused-ring (bicyclic) bond motifs is 1. The molecular formula is C13H11BrClNO2S. The molecule has 0 spiro atoms. The molecule has 1 unspecified atom stereocenters. The summed E-state index contributed by atoms with van der Waals surface area (Å²) in [5.41, 5.74) is 2.19. The summed E-state index contributed by atoms with van der Waals surface area (Å²) in [6, 6.07) is 4.06. The van der Waals surface area contributed by atoms with E-state index in [0.29, 0.717) is 22.4 Å². The highest BCUT2D eigenvalue weighted by Gasteiger charge is 2.21. The minimum atomic E-state index is -0.653. The second-order valence-electron chi connectivity index (χ2n) is 4.37. The quantitative estimate of drug-likeness (QED) is 0.906. The maximum Gasteiger partial charge on any atom is 0.125 e. The zero-order chi connectivity index (χ0) is 13.4. The van der Waals surface area contributed by atoms with E-state index in [2.05, 4.69) is 27.0 Å². The first kappa shape index (κ1) is 13.4. The van der Waals surface area contributed by atoms with Crippen LogP contribution in [0.3, 0.4) is 0 Å². The fourth-order valence-electron chi connectivity index (χ4n) is 2.21. The molecule has 1 N–H and O–H groups in total. The lowest BCUT2D eigenvalue weighted by Gasteiger charge is -2.12. The molecule has 1 atom stereocenters. The van der Waals surface area contributed by atoms with Crippen LogP contribution in [0.4, 0.5) is 0 Å². The third kappa shape index (κ3) is 2.79. The van der Waals surface area contributed by atoms with E-state index in [4.69, 9.17) is 16.3 Å². The van der Waals surface area contributed by atoms with Crippen molar-refractivity contribution < 1.29 is 9.84 Å². The SMILES string of the molecule is OC(Cc1cc(Br)cc2c1OCC2)c1ncc(Cl)s1. The molecule has 0 fully saturated rings. The van der Waals surface area contributed by atoms with Crippen LogP contribution in [0, 0.1) is 0 Å². The topological polar surface area (TPSA) is 42.4 Å². The van der Waals surface area contributed by atoms with Gasteiger partial charge in [0.15, 0.2) is 0 Å². The van der Waals surface area contributed by atoms with Crippen molar-refractivity contribution >= 4 is 38.9 Å². The normalized spacial score (nSPS) is 15.1. The number of hydrogen-bond acceptors (Lipinski definition) is 4. The van der Waals surface area contributed by atoms with Crippen LogP contribution in [0.5, 0.6) is 5.75 Å². The Balaban J connectivity index is 1.87. The van der Waals surface area contributed by atoms with Crippen molar-refractivity contribution in [2.75, 3.05) is 6.61 Å². The van der Waals surface area contributed by atoms with Gasteiger partial charge in [-0.2, -0.15) is 0 Å². The van der Waals surface area contributed by atoms with Gasteiger partial charge >= 0.3 is 0 Å². The smallest absolute Gasteiger partial charge is 0.125 e. The second-order valence-corrected chi connectivity index (χ2v) is 6.98. The van der Waals surface area contributed by atoms with E-state index in [0.717, 1.165) is 22.2 Å². The van der Waals surface area contributed by atoms with Crippen LogP contribution in [0.25, 0.3) is 0 Å². The van der Waals surface area contributed by atoms with Crippen LogP contribution in [0.15, 0.2) is 22.8 Å². The zero-order valence-corrected chi connectivity index (χ0v) is 13.1. The number of aromatic nitrogens is 1. The molecule has 1 aliphatic rings. The second kappa shape index (κ2) is 5.40. The molecule has 0 bridgehead atoms. The Morgan fingerprint density at radius 2 is 2.37 bits per heavy atom. The lowest BCUT2D eigenvalue weighted by atomic mass is 10.0. The summed E-state index contributed by atoms with van der Waals surface area (Å²) in [5.74, 6) is 0.907. The molecule has 100 valence electrons. The summed E-state index contributed by atoms with van der Waals surface area (Å²) in [7, 11) is 0. The van der Waals surface area contributed by atoms with Gasteiger partial charge in [-0.25, -0.2) is 4.98 Å². The van der Waals surface area contributed by atoms with Crippen molar-refractivity contribution in [3.05, 3.63) is 43.3 Å². The van der Waals surface area contributed by atoms with Gasteiger partial charge in [-0.15, -0.1) is 11.3 Å². The van der Waals surface area contributed by atoms with E-state index < -0.39 is 6.10 Å². The first-order valence-corrected chi connectivity index (χ1v) is 7.85. The summed E-state index contributed by atoms with van der Waals surface area (Å²) in [5, 5.41) is 10.9. The number of ether oxygens (including phenoxy) is 1. The molecular weight excluding hydrogens is 350 g/mol. The Morgan fingerprint density at radius 3 is 3.11 bits per heavy atom. The monoisotopic (exact) mass is 359 g/mol. The Labute approximate surface area is 128 Å². The zero-order valence-electron chi connectivity index (χ0n) is 9.90. The summed E-state index contributed by atoms with van der Waals surface area (Å²) >= 11 is 10.6. The Bertz CT molecular complexity index is 617. The van der Waals surface area contributed by atoms with Crippen molar-refractivity contribution in [2.45, 2.75) is 18.9 Å². The summed E-state index contributed by atoms with van der Waals surface area (Å²) < 4.78 is 7.25. The number of hydrogen-bond donors (Lipinski definition) is 1. The van der Waals surface area contributed by atoms with Gasteiger partial charge in [-0.05, 0) is 23.3 Å². The molecule has 2 heterocycles. The van der Waals surface area contributed by atoms with E-state index in [1.165, 1.54) is 16.9 Å². The third-order valence-electron chi connectivity index (χ3n) is 3.02. The lowest BCUT2D eigenvalue weighted by Crippen LogP contribution is -2.03. The number of aliphatic hydroxyl groups is 1. The molecule has 1 aromatic carbocycles. The number of benzene rings is 1. The Morgan fingerprint density at radius 1 is 1.53 bits per heavy atom. The van der Waals surface area contributed by atoms with E-state index >= 15 is 0 Å². The third-order valence-corrected chi connectivity index (χ3v) is 4.69. The van der Waals surface area contributed by atoms with Gasteiger partial charge < -0.3 is 9.84 Å². The largest absolute Gasteiger partial charge is 0.493 e. The molecule has 19 heavy (non-hydrogen) atoms. The maximum atomic E-state index is 10.2. The molecule has 0 saturated heterocycles. The molecule has 1 aliphatic heterocycles. The highest BCUT2D eigenvalue weighted by molar-refractivity contribution is 9.10. The molecule has 3 nitrogen and oxygen atoms in total. The maximum absolute atomic E-state index is 10.2. The van der Waals surface area contributed by atoms with E-state index in [1.807, 2.05) is 6.07 Å². The molecule has 3 rings (SSSR count). The van der Waals surface area contributed by atoms with Crippen LogP contribution in [0.1, 0.15) is 22.2 Å². The molecule has 1 aromatic heterocycles. The van der Waals surface area contributed by atoms with Crippen molar-refractivity contribution in [1.29, 1.82) is 0 Å². The van der Waals surface area contributed by atoms with Gasteiger partial charge in [-0.3, -0.25) is 0 Å². The number of thiazole rings is 1. The van der Waals surface area contributed by atoms with Crippen LogP contribution >= 0.6 is 38.9 Å². The van der Waals surface area contributed by atoms with Crippen LogP contribution in [-0.2, 0) is 12.8 Å². The van der Waals surface area contributed by atoms with Crippen molar-refractivity contribution in [3.63, 3.8) is 0 Å². The average Bonchev–Trinajstić information content (AvgIpc) is 2.97. The Hall–Kier alpha value is -0.620. The van der Waals surface area contributed by atoms with Crippen molar-refractivity contribution in [2.24, 2.45) is 0 Å². The first-order chi connectivity index (χ1) is 9.13. The van der Waals surface area contributed by atoms with Gasteiger partial charge in [-0.1, -0.05) is 27.5 Å². The molecule has 2 aromatic rings. The molecule has 0 aliphatic carbocycles. The van der Waals surface area contributed by atoms with Gasteiger partial charge in [0.25, 0.3) is 0 Å². The predicted molar refractivity (Wildman–Crippen MR) is 79.1 cm³/mol. The van der Waals surface area contributed by atoms with Gasteiger partial charge in [0, 0.05) is 17.3 Å². The predicted octanol–water partition coefficient (Wildman–Crippen LogP) is 3.77.